The number of nitrogens with zero attached hydrogens (tertiary/aromatic N) is 1. The largest absolute Gasteiger partial charge is 0.368 e. The third-order valence-electron chi connectivity index (χ3n) is 4.32. The first-order chi connectivity index (χ1) is 11.8. The van der Waals surface area contributed by atoms with Crippen molar-refractivity contribution < 1.29 is 9.53 Å². The monoisotopic (exact) mass is 321 g/mol. The molecule has 2 heterocycles. The highest BCUT2D eigenvalue weighted by Crippen LogP contribution is 2.23. The molecule has 1 aliphatic heterocycles. The van der Waals surface area contributed by atoms with Gasteiger partial charge in [0.25, 0.3) is 0 Å². The fourth-order valence-electron chi connectivity index (χ4n) is 3.08. The number of benzene rings is 2. The zero-order chi connectivity index (χ0) is 16.4. The van der Waals surface area contributed by atoms with Gasteiger partial charge >= 0.3 is 0 Å². The van der Waals surface area contributed by atoms with Crippen LogP contribution in [0, 0.1) is 0 Å². The summed E-state index contributed by atoms with van der Waals surface area (Å²) >= 11 is 0. The molecule has 0 radical (unpaired) electrons. The number of carbonyl (C=O) groups is 1. The predicted octanol–water partition coefficient (Wildman–Crippen LogP) is 2.95. The van der Waals surface area contributed by atoms with Crippen LogP contribution in [-0.4, -0.2) is 28.6 Å². The Labute approximate surface area is 140 Å². The van der Waals surface area contributed by atoms with E-state index in [0.717, 1.165) is 35.3 Å². The van der Waals surface area contributed by atoms with E-state index in [9.17, 15) is 4.79 Å². The minimum absolute atomic E-state index is 0.0817. The van der Waals surface area contributed by atoms with E-state index in [-0.39, 0.29) is 18.1 Å². The minimum atomic E-state index is -0.361. The molecule has 1 fully saturated rings. The first-order valence-corrected chi connectivity index (χ1v) is 8.23. The van der Waals surface area contributed by atoms with Crippen molar-refractivity contribution in [3.63, 3.8) is 0 Å². The number of ether oxygens (including phenoxy) is 1. The molecule has 2 aromatic carbocycles. The summed E-state index contributed by atoms with van der Waals surface area (Å²) in [6.07, 6.45) is 1.34. The third-order valence-corrected chi connectivity index (χ3v) is 4.32. The number of imidazole rings is 1. The highest BCUT2D eigenvalue weighted by molar-refractivity contribution is 5.82. The number of hydrogen-bond acceptors (Lipinski definition) is 3. The van der Waals surface area contributed by atoms with Crippen LogP contribution >= 0.6 is 0 Å². The fourth-order valence-corrected chi connectivity index (χ4v) is 3.08. The number of rotatable bonds is 4. The molecule has 2 unspecified atom stereocenters. The highest BCUT2D eigenvalue weighted by Gasteiger charge is 2.28. The smallest absolute Gasteiger partial charge is 0.249 e. The van der Waals surface area contributed by atoms with Crippen LogP contribution in [0.15, 0.2) is 54.6 Å². The van der Waals surface area contributed by atoms with E-state index >= 15 is 0 Å². The number of amides is 1. The second-order valence-corrected chi connectivity index (χ2v) is 5.99. The van der Waals surface area contributed by atoms with Crippen LogP contribution in [0.1, 0.15) is 30.3 Å². The van der Waals surface area contributed by atoms with E-state index in [2.05, 4.69) is 15.3 Å². The van der Waals surface area contributed by atoms with Crippen molar-refractivity contribution in [2.75, 3.05) is 6.61 Å². The average Bonchev–Trinajstić information content (AvgIpc) is 3.29. The molecule has 5 nitrogen and oxygen atoms in total. The molecular formula is C19H19N3O2. The number of hydrogen-bond donors (Lipinski definition) is 2. The lowest BCUT2D eigenvalue weighted by molar-refractivity contribution is -0.130. The highest BCUT2D eigenvalue weighted by atomic mass is 16.5. The van der Waals surface area contributed by atoms with E-state index in [4.69, 9.17) is 4.74 Å². The molecule has 24 heavy (non-hydrogen) atoms. The van der Waals surface area contributed by atoms with Crippen molar-refractivity contribution in [3.8, 4) is 0 Å². The summed E-state index contributed by atoms with van der Waals surface area (Å²) in [5.74, 6) is 0.649. The van der Waals surface area contributed by atoms with Crippen LogP contribution < -0.4 is 5.32 Å². The maximum absolute atomic E-state index is 12.5. The molecule has 0 bridgehead atoms. The first-order valence-electron chi connectivity index (χ1n) is 8.23. The van der Waals surface area contributed by atoms with Crippen LogP contribution in [0.5, 0.6) is 0 Å². The second-order valence-electron chi connectivity index (χ2n) is 5.99. The molecule has 122 valence electrons. The van der Waals surface area contributed by atoms with Crippen molar-refractivity contribution >= 4 is 16.9 Å². The van der Waals surface area contributed by atoms with Crippen LogP contribution in [0.4, 0.5) is 0 Å². The van der Waals surface area contributed by atoms with Crippen molar-refractivity contribution in [1.82, 2.24) is 15.3 Å². The van der Waals surface area contributed by atoms with Gasteiger partial charge in [-0.2, -0.15) is 0 Å². The maximum Gasteiger partial charge on any atom is 0.249 e. The van der Waals surface area contributed by atoms with Crippen LogP contribution in [-0.2, 0) is 9.53 Å². The SMILES string of the molecule is O=C(NC(c1ccccc1)c1nc2ccccc2[nH]1)C1CCCO1. The van der Waals surface area contributed by atoms with Gasteiger partial charge in [-0.1, -0.05) is 42.5 Å². The van der Waals surface area contributed by atoms with Crippen LogP contribution in [0.25, 0.3) is 11.0 Å². The number of nitrogens with one attached hydrogen (secondary N) is 2. The topological polar surface area (TPSA) is 67.0 Å². The molecule has 2 atom stereocenters. The molecule has 0 aliphatic carbocycles. The Hall–Kier alpha value is -2.66. The molecule has 1 aliphatic rings. The van der Waals surface area contributed by atoms with Gasteiger partial charge in [-0.05, 0) is 30.5 Å². The van der Waals surface area contributed by atoms with E-state index < -0.39 is 0 Å². The summed E-state index contributed by atoms with van der Waals surface area (Å²) in [4.78, 5) is 20.5. The minimum Gasteiger partial charge on any atom is -0.368 e. The maximum atomic E-state index is 12.5. The van der Waals surface area contributed by atoms with Crippen molar-refractivity contribution in [3.05, 3.63) is 66.0 Å². The zero-order valence-corrected chi connectivity index (χ0v) is 13.2. The Morgan fingerprint density at radius 2 is 1.96 bits per heavy atom. The van der Waals surface area contributed by atoms with Crippen molar-refractivity contribution in [1.29, 1.82) is 0 Å². The lowest BCUT2D eigenvalue weighted by Gasteiger charge is -2.19. The van der Waals surface area contributed by atoms with Gasteiger partial charge in [-0.25, -0.2) is 4.98 Å². The Morgan fingerprint density at radius 3 is 2.71 bits per heavy atom. The fraction of sp³-hybridized carbons (Fsp3) is 0.263. The number of aromatic nitrogens is 2. The molecule has 1 saturated heterocycles. The van der Waals surface area contributed by atoms with E-state index in [0.29, 0.717) is 6.61 Å². The first kappa shape index (κ1) is 14.9. The Balaban J connectivity index is 1.68. The van der Waals surface area contributed by atoms with Gasteiger partial charge in [0.15, 0.2) is 0 Å². The second kappa shape index (κ2) is 6.45. The number of carbonyl (C=O) groups excluding carboxylic acids is 1. The molecule has 1 amide bonds. The molecule has 1 aromatic heterocycles. The summed E-state index contributed by atoms with van der Waals surface area (Å²) in [7, 11) is 0. The third kappa shape index (κ3) is 2.90. The number of H-pyrrole nitrogens is 1. The molecular weight excluding hydrogens is 302 g/mol. The average molecular weight is 321 g/mol. The van der Waals surface area contributed by atoms with E-state index in [1.165, 1.54) is 0 Å². The molecule has 0 saturated carbocycles. The number of aromatic amines is 1. The summed E-state index contributed by atoms with van der Waals surface area (Å²) in [6, 6.07) is 17.4. The molecule has 4 rings (SSSR count). The van der Waals surface area contributed by atoms with E-state index in [1.807, 2.05) is 54.6 Å². The standard InChI is InChI=1S/C19H19N3O2/c23-19(16-11-6-12-24-16)22-17(13-7-2-1-3-8-13)18-20-14-9-4-5-10-15(14)21-18/h1-5,7-10,16-17H,6,11-12H2,(H,20,21)(H,22,23). The lowest BCUT2D eigenvalue weighted by atomic mass is 10.1. The van der Waals surface area contributed by atoms with Crippen molar-refractivity contribution in [2.24, 2.45) is 0 Å². The summed E-state index contributed by atoms with van der Waals surface area (Å²) in [5.41, 5.74) is 2.84. The normalized spacial score (nSPS) is 18.6. The summed E-state index contributed by atoms with van der Waals surface area (Å²) in [5, 5.41) is 3.09. The molecule has 2 N–H and O–H groups in total. The lowest BCUT2D eigenvalue weighted by Crippen LogP contribution is -2.37. The Bertz CT molecular complexity index is 805. The van der Waals surface area contributed by atoms with Gasteiger partial charge < -0.3 is 15.0 Å². The quantitative estimate of drug-likeness (QED) is 0.776. The Morgan fingerprint density at radius 1 is 1.17 bits per heavy atom. The number of fused-ring (bicyclic) bond motifs is 1. The summed E-state index contributed by atoms with van der Waals surface area (Å²) < 4.78 is 5.50. The van der Waals surface area contributed by atoms with Gasteiger partial charge in [0.2, 0.25) is 5.91 Å². The zero-order valence-electron chi connectivity index (χ0n) is 13.2. The van der Waals surface area contributed by atoms with Gasteiger partial charge in [0.1, 0.15) is 18.0 Å². The van der Waals surface area contributed by atoms with Gasteiger partial charge in [-0.3, -0.25) is 4.79 Å². The predicted molar refractivity (Wildman–Crippen MR) is 91.5 cm³/mol. The van der Waals surface area contributed by atoms with Gasteiger partial charge in [0, 0.05) is 6.61 Å². The molecule has 3 aromatic rings. The van der Waals surface area contributed by atoms with Gasteiger partial charge in [-0.15, -0.1) is 0 Å². The number of para-hydroxylation sites is 2. The molecule has 5 heteroatoms. The van der Waals surface area contributed by atoms with Crippen molar-refractivity contribution in [2.45, 2.75) is 25.0 Å². The van der Waals surface area contributed by atoms with Crippen LogP contribution in [0.2, 0.25) is 0 Å². The Kier molecular flexibility index (Phi) is 4.01. The van der Waals surface area contributed by atoms with E-state index in [1.54, 1.807) is 0 Å². The molecule has 0 spiro atoms. The van der Waals surface area contributed by atoms with Gasteiger partial charge in [0.05, 0.1) is 11.0 Å². The van der Waals surface area contributed by atoms with Crippen LogP contribution in [0.3, 0.4) is 0 Å². The summed E-state index contributed by atoms with van der Waals surface area (Å²) in [6.45, 7) is 0.652.